The lowest BCUT2D eigenvalue weighted by Crippen LogP contribution is -2.65. The Balaban J connectivity index is 2.51. The third-order valence-electron chi connectivity index (χ3n) is 5.54. The Morgan fingerprint density at radius 2 is 0.718 bits per heavy atom. The predicted octanol–water partition coefficient (Wildman–Crippen LogP) is 0.0828. The maximum absolute atomic E-state index is 12.0. The van der Waals surface area contributed by atoms with Crippen molar-refractivity contribution in [3.63, 3.8) is 0 Å². The monoisotopic (exact) mass is 562 g/mol. The Hall–Kier alpha value is -3.30. The summed E-state index contributed by atoms with van der Waals surface area (Å²) in [5, 5.41) is 0. The van der Waals surface area contributed by atoms with Gasteiger partial charge in [0.25, 0.3) is 0 Å². The van der Waals surface area contributed by atoms with E-state index in [2.05, 4.69) is 0 Å². The van der Waals surface area contributed by atoms with Crippen LogP contribution in [-0.2, 0) is 71.4 Å². The lowest BCUT2D eigenvalue weighted by atomic mass is 9.96. The minimum atomic E-state index is -1.49. The van der Waals surface area contributed by atoms with Gasteiger partial charge in [-0.05, 0) is 13.8 Å². The van der Waals surface area contributed by atoms with Gasteiger partial charge in [0, 0.05) is 41.5 Å². The molecule has 2 rings (SSSR count). The van der Waals surface area contributed by atoms with Gasteiger partial charge in [-0.2, -0.15) is 0 Å². The summed E-state index contributed by atoms with van der Waals surface area (Å²) in [4.78, 5) is 71.2. The number of hydrogen-bond donors (Lipinski definition) is 0. The number of carbonyl (C=O) groups excluding carboxylic acids is 6. The van der Waals surface area contributed by atoms with E-state index in [1.807, 2.05) is 0 Å². The van der Waals surface area contributed by atoms with Crippen molar-refractivity contribution in [2.45, 2.75) is 117 Å². The van der Waals surface area contributed by atoms with Crippen LogP contribution in [0.4, 0.5) is 0 Å². The van der Waals surface area contributed by atoms with Gasteiger partial charge in [-0.15, -0.1) is 0 Å². The van der Waals surface area contributed by atoms with E-state index in [0.29, 0.717) is 0 Å². The van der Waals surface area contributed by atoms with Crippen LogP contribution in [0.15, 0.2) is 0 Å². The van der Waals surface area contributed by atoms with Gasteiger partial charge in [0.05, 0.1) is 12.2 Å². The van der Waals surface area contributed by atoms with Crippen molar-refractivity contribution in [1.29, 1.82) is 0 Å². The van der Waals surface area contributed by atoms with Crippen molar-refractivity contribution < 1.29 is 71.4 Å². The fourth-order valence-corrected chi connectivity index (χ4v) is 4.30. The first-order chi connectivity index (χ1) is 18.1. The molecule has 0 aromatic rings. The molecule has 2 aliphatic heterocycles. The molecule has 10 atom stereocenters. The lowest BCUT2D eigenvalue weighted by molar-refractivity contribution is -0.350. The van der Waals surface area contributed by atoms with E-state index in [0.717, 1.165) is 41.5 Å². The zero-order chi connectivity index (χ0) is 29.6. The number of esters is 6. The van der Waals surface area contributed by atoms with Crippen molar-refractivity contribution in [3.8, 4) is 0 Å². The zero-order valence-corrected chi connectivity index (χ0v) is 22.9. The van der Waals surface area contributed by atoms with E-state index >= 15 is 0 Å². The first-order valence-corrected chi connectivity index (χ1v) is 12.1. The second-order valence-corrected chi connectivity index (χ2v) is 9.00. The van der Waals surface area contributed by atoms with Crippen LogP contribution < -0.4 is 0 Å². The molecular formula is C24H34O15. The van der Waals surface area contributed by atoms with Gasteiger partial charge in [-0.1, -0.05) is 0 Å². The van der Waals surface area contributed by atoms with Gasteiger partial charge in [0.1, 0.15) is 6.10 Å². The average Bonchev–Trinajstić information content (AvgIpc) is 2.76. The van der Waals surface area contributed by atoms with Crippen LogP contribution in [0.1, 0.15) is 55.4 Å². The van der Waals surface area contributed by atoms with Crippen LogP contribution in [-0.4, -0.2) is 97.2 Å². The van der Waals surface area contributed by atoms with E-state index < -0.39 is 97.2 Å². The quantitative estimate of drug-likeness (QED) is 0.286. The second-order valence-electron chi connectivity index (χ2n) is 9.00. The van der Waals surface area contributed by atoms with Gasteiger partial charge in [-0.25, -0.2) is 0 Å². The third kappa shape index (κ3) is 8.86. The van der Waals surface area contributed by atoms with E-state index in [-0.39, 0.29) is 0 Å². The van der Waals surface area contributed by atoms with Crippen LogP contribution in [0, 0.1) is 0 Å². The second kappa shape index (κ2) is 13.7. The summed E-state index contributed by atoms with van der Waals surface area (Å²) in [5.74, 6) is -4.63. The molecule has 0 bridgehead atoms. The summed E-state index contributed by atoms with van der Waals surface area (Å²) >= 11 is 0. The Bertz CT molecular complexity index is 948. The molecule has 2 aliphatic rings. The Morgan fingerprint density at radius 3 is 1.15 bits per heavy atom. The predicted molar refractivity (Wildman–Crippen MR) is 123 cm³/mol. The molecular weight excluding hydrogens is 528 g/mol. The molecule has 0 aliphatic carbocycles. The van der Waals surface area contributed by atoms with E-state index in [1.54, 1.807) is 0 Å². The molecule has 0 N–H and O–H groups in total. The van der Waals surface area contributed by atoms with Gasteiger partial charge >= 0.3 is 35.8 Å². The molecule has 0 aromatic carbocycles. The molecule has 220 valence electrons. The van der Waals surface area contributed by atoms with Gasteiger partial charge < -0.3 is 42.6 Å². The Morgan fingerprint density at radius 1 is 0.410 bits per heavy atom. The molecule has 0 amide bonds. The molecule has 15 nitrogen and oxygen atoms in total. The van der Waals surface area contributed by atoms with Crippen molar-refractivity contribution >= 4 is 35.8 Å². The van der Waals surface area contributed by atoms with Gasteiger partial charge in [-0.3, -0.25) is 28.8 Å². The number of ether oxygens (including phenoxy) is 9. The minimum absolute atomic E-state index is 0.710. The van der Waals surface area contributed by atoms with Crippen LogP contribution in [0.5, 0.6) is 0 Å². The van der Waals surface area contributed by atoms with Crippen LogP contribution in [0.2, 0.25) is 0 Å². The summed E-state index contributed by atoms with van der Waals surface area (Å²) in [5.41, 5.74) is 0. The molecule has 15 heteroatoms. The first-order valence-electron chi connectivity index (χ1n) is 12.1. The largest absolute Gasteiger partial charge is 0.456 e. The van der Waals surface area contributed by atoms with E-state index in [9.17, 15) is 28.8 Å². The van der Waals surface area contributed by atoms with Gasteiger partial charge in [0.15, 0.2) is 30.7 Å². The maximum atomic E-state index is 12.0. The molecule has 10 unspecified atom stereocenters. The molecule has 2 saturated heterocycles. The number of rotatable bonds is 8. The molecule has 2 heterocycles. The highest BCUT2D eigenvalue weighted by Crippen LogP contribution is 2.35. The van der Waals surface area contributed by atoms with Crippen molar-refractivity contribution in [2.75, 3.05) is 0 Å². The molecule has 2 fully saturated rings. The van der Waals surface area contributed by atoms with Crippen molar-refractivity contribution in [3.05, 3.63) is 0 Å². The number of hydrogen-bond acceptors (Lipinski definition) is 15. The zero-order valence-electron chi connectivity index (χ0n) is 22.9. The SMILES string of the molecule is CC(=O)OC1OC(C)C(OC2OC(C)C(OC(C)=O)C(OC(C)=O)C2OC(C)=O)C(OC(C)=O)C1OC(C)=O. The summed E-state index contributed by atoms with van der Waals surface area (Å²) in [7, 11) is 0. The molecule has 0 saturated carbocycles. The lowest BCUT2D eigenvalue weighted by Gasteiger charge is -2.47. The highest BCUT2D eigenvalue weighted by molar-refractivity contribution is 5.69. The molecule has 39 heavy (non-hydrogen) atoms. The van der Waals surface area contributed by atoms with Crippen molar-refractivity contribution in [2.24, 2.45) is 0 Å². The van der Waals surface area contributed by atoms with E-state index in [4.69, 9.17) is 42.6 Å². The maximum Gasteiger partial charge on any atom is 0.305 e. The fourth-order valence-electron chi connectivity index (χ4n) is 4.30. The minimum Gasteiger partial charge on any atom is -0.456 e. The summed E-state index contributed by atoms with van der Waals surface area (Å²) in [6, 6.07) is 0. The van der Waals surface area contributed by atoms with Gasteiger partial charge in [0.2, 0.25) is 12.4 Å². The Kier molecular flexibility index (Phi) is 11.2. The fraction of sp³-hybridized carbons (Fsp3) is 0.750. The standard InChI is InChI=1S/C24H34O15/c1-9-17(33-11(3)25)19(34-12(4)26)22(37-15(7)29)24(32-9)39-18-10(2)31-23(38-16(8)30)21(36-14(6)28)20(18)35-13(5)27/h9-10,17-24H,1-8H3. The van der Waals surface area contributed by atoms with Crippen molar-refractivity contribution in [1.82, 2.24) is 0 Å². The summed E-state index contributed by atoms with van der Waals surface area (Å²) < 4.78 is 49.6. The highest BCUT2D eigenvalue weighted by Gasteiger charge is 2.56. The third-order valence-corrected chi connectivity index (χ3v) is 5.54. The van der Waals surface area contributed by atoms with Crippen LogP contribution in [0.3, 0.4) is 0 Å². The molecule has 0 spiro atoms. The number of carbonyl (C=O) groups is 6. The normalized spacial score (nSPS) is 34.2. The average molecular weight is 563 g/mol. The van der Waals surface area contributed by atoms with E-state index in [1.165, 1.54) is 13.8 Å². The molecule has 0 radical (unpaired) electrons. The molecule has 0 aromatic heterocycles. The van der Waals surface area contributed by atoms with Crippen LogP contribution in [0.25, 0.3) is 0 Å². The summed E-state index contributed by atoms with van der Waals surface area (Å²) in [6.45, 7) is 9.65. The summed E-state index contributed by atoms with van der Waals surface area (Å²) in [6.07, 6.45) is -13.0. The smallest absolute Gasteiger partial charge is 0.305 e. The first kappa shape index (κ1) is 31.9. The Labute approximate surface area is 224 Å². The van der Waals surface area contributed by atoms with Crippen LogP contribution >= 0.6 is 0 Å². The topological polar surface area (TPSA) is 185 Å². The highest BCUT2D eigenvalue weighted by atomic mass is 16.8.